The highest BCUT2D eigenvalue weighted by Gasteiger charge is 2.04. The standard InChI is InChI=1S/C17H21NO/c1-4-19-17-11-6-5-9-15(17)12-18-16-10-7-8-13(2)14(16)3/h5-11,18H,4,12H2,1-3H3. The van der Waals surface area contributed by atoms with Gasteiger partial charge in [0.15, 0.2) is 0 Å². The van der Waals surface area contributed by atoms with E-state index in [1.54, 1.807) is 0 Å². The van der Waals surface area contributed by atoms with Crippen molar-refractivity contribution in [3.63, 3.8) is 0 Å². The molecule has 2 heteroatoms. The number of rotatable bonds is 5. The van der Waals surface area contributed by atoms with Gasteiger partial charge in [0.1, 0.15) is 5.75 Å². The van der Waals surface area contributed by atoms with Crippen LogP contribution in [0, 0.1) is 13.8 Å². The Morgan fingerprint density at radius 1 is 1.00 bits per heavy atom. The lowest BCUT2D eigenvalue weighted by atomic mass is 10.1. The van der Waals surface area contributed by atoms with Gasteiger partial charge in [-0.3, -0.25) is 0 Å². The minimum absolute atomic E-state index is 0.695. The van der Waals surface area contributed by atoms with Crippen molar-refractivity contribution < 1.29 is 4.74 Å². The monoisotopic (exact) mass is 255 g/mol. The zero-order valence-corrected chi connectivity index (χ0v) is 11.9. The van der Waals surface area contributed by atoms with Gasteiger partial charge in [-0.15, -0.1) is 0 Å². The quantitative estimate of drug-likeness (QED) is 0.859. The molecule has 0 bridgehead atoms. The third-order valence-electron chi connectivity index (χ3n) is 3.35. The second kappa shape index (κ2) is 6.28. The van der Waals surface area contributed by atoms with Crippen molar-refractivity contribution in [3.05, 3.63) is 59.2 Å². The minimum Gasteiger partial charge on any atom is -0.494 e. The molecule has 0 aliphatic heterocycles. The summed E-state index contributed by atoms with van der Waals surface area (Å²) in [6, 6.07) is 14.5. The third kappa shape index (κ3) is 3.28. The van der Waals surface area contributed by atoms with Crippen LogP contribution in [0.5, 0.6) is 5.75 Å². The topological polar surface area (TPSA) is 21.3 Å². The Balaban J connectivity index is 2.12. The number of nitrogens with one attached hydrogen (secondary N) is 1. The van der Waals surface area contributed by atoms with E-state index in [9.17, 15) is 0 Å². The van der Waals surface area contributed by atoms with Crippen LogP contribution >= 0.6 is 0 Å². The molecule has 0 heterocycles. The van der Waals surface area contributed by atoms with Crippen molar-refractivity contribution in [1.82, 2.24) is 0 Å². The number of aryl methyl sites for hydroxylation is 1. The first kappa shape index (κ1) is 13.5. The van der Waals surface area contributed by atoms with E-state index in [1.165, 1.54) is 22.4 Å². The molecule has 0 fully saturated rings. The maximum Gasteiger partial charge on any atom is 0.124 e. The fraction of sp³-hybridized carbons (Fsp3) is 0.294. The molecule has 1 N–H and O–H groups in total. The Kier molecular flexibility index (Phi) is 4.45. The molecular formula is C17H21NO. The number of para-hydroxylation sites is 1. The van der Waals surface area contributed by atoms with Crippen LogP contribution < -0.4 is 10.1 Å². The van der Waals surface area contributed by atoms with Gasteiger partial charge < -0.3 is 10.1 Å². The second-order valence-corrected chi connectivity index (χ2v) is 4.64. The number of hydrogen-bond donors (Lipinski definition) is 1. The van der Waals surface area contributed by atoms with E-state index < -0.39 is 0 Å². The Morgan fingerprint density at radius 3 is 2.58 bits per heavy atom. The minimum atomic E-state index is 0.695. The van der Waals surface area contributed by atoms with Gasteiger partial charge in [-0.25, -0.2) is 0 Å². The highest BCUT2D eigenvalue weighted by molar-refractivity contribution is 5.54. The van der Waals surface area contributed by atoms with Gasteiger partial charge in [0.2, 0.25) is 0 Å². The first-order valence-electron chi connectivity index (χ1n) is 6.73. The van der Waals surface area contributed by atoms with Crippen molar-refractivity contribution >= 4 is 5.69 Å². The van der Waals surface area contributed by atoms with Crippen molar-refractivity contribution in [3.8, 4) is 5.75 Å². The summed E-state index contributed by atoms with van der Waals surface area (Å²) >= 11 is 0. The van der Waals surface area contributed by atoms with E-state index in [-0.39, 0.29) is 0 Å². The lowest BCUT2D eigenvalue weighted by Gasteiger charge is -2.14. The zero-order valence-electron chi connectivity index (χ0n) is 11.9. The smallest absolute Gasteiger partial charge is 0.124 e. The number of anilines is 1. The Hall–Kier alpha value is -1.96. The lowest BCUT2D eigenvalue weighted by molar-refractivity contribution is 0.337. The highest BCUT2D eigenvalue weighted by atomic mass is 16.5. The van der Waals surface area contributed by atoms with Crippen LogP contribution in [0.2, 0.25) is 0 Å². The fourth-order valence-corrected chi connectivity index (χ4v) is 2.08. The predicted molar refractivity (Wildman–Crippen MR) is 80.9 cm³/mol. The molecular weight excluding hydrogens is 234 g/mol. The van der Waals surface area contributed by atoms with Crippen molar-refractivity contribution in [2.45, 2.75) is 27.3 Å². The Morgan fingerprint density at radius 2 is 1.79 bits per heavy atom. The van der Waals surface area contributed by atoms with Crippen LogP contribution in [0.3, 0.4) is 0 Å². The van der Waals surface area contributed by atoms with Crippen LogP contribution in [0.25, 0.3) is 0 Å². The SMILES string of the molecule is CCOc1ccccc1CNc1cccc(C)c1C. The molecule has 0 aromatic heterocycles. The summed E-state index contributed by atoms with van der Waals surface area (Å²) in [7, 11) is 0. The van der Waals surface area contributed by atoms with Gasteiger partial charge in [0, 0.05) is 17.8 Å². The average molecular weight is 255 g/mol. The van der Waals surface area contributed by atoms with E-state index >= 15 is 0 Å². The molecule has 0 radical (unpaired) electrons. The summed E-state index contributed by atoms with van der Waals surface area (Å²) in [4.78, 5) is 0. The molecule has 0 amide bonds. The number of benzene rings is 2. The maximum absolute atomic E-state index is 5.64. The van der Waals surface area contributed by atoms with Crippen LogP contribution in [0.1, 0.15) is 23.6 Å². The Bertz CT molecular complexity index is 549. The van der Waals surface area contributed by atoms with E-state index in [0.29, 0.717) is 6.61 Å². The van der Waals surface area contributed by atoms with E-state index in [0.717, 1.165) is 12.3 Å². The van der Waals surface area contributed by atoms with Gasteiger partial charge in [0.25, 0.3) is 0 Å². The summed E-state index contributed by atoms with van der Waals surface area (Å²) in [6.45, 7) is 7.76. The van der Waals surface area contributed by atoms with Gasteiger partial charge in [-0.1, -0.05) is 30.3 Å². The van der Waals surface area contributed by atoms with Crippen molar-refractivity contribution in [2.24, 2.45) is 0 Å². The van der Waals surface area contributed by atoms with Gasteiger partial charge in [-0.05, 0) is 44.0 Å². The van der Waals surface area contributed by atoms with Gasteiger partial charge in [-0.2, -0.15) is 0 Å². The zero-order chi connectivity index (χ0) is 13.7. The van der Waals surface area contributed by atoms with E-state index in [1.807, 2.05) is 25.1 Å². The first-order chi connectivity index (χ1) is 9.22. The molecule has 0 aliphatic rings. The molecule has 0 spiro atoms. The molecule has 0 saturated heterocycles. The highest BCUT2D eigenvalue weighted by Crippen LogP contribution is 2.22. The molecule has 2 aromatic rings. The summed E-state index contributed by atoms with van der Waals surface area (Å²) in [5.41, 5.74) is 4.98. The van der Waals surface area contributed by atoms with Gasteiger partial charge >= 0.3 is 0 Å². The molecule has 2 rings (SSSR count). The molecule has 2 nitrogen and oxygen atoms in total. The van der Waals surface area contributed by atoms with Crippen LogP contribution in [0.15, 0.2) is 42.5 Å². The molecule has 0 atom stereocenters. The predicted octanol–water partition coefficient (Wildman–Crippen LogP) is 4.31. The first-order valence-corrected chi connectivity index (χ1v) is 6.73. The maximum atomic E-state index is 5.64. The van der Waals surface area contributed by atoms with Crippen molar-refractivity contribution in [1.29, 1.82) is 0 Å². The molecule has 0 aliphatic carbocycles. The molecule has 100 valence electrons. The van der Waals surface area contributed by atoms with Crippen molar-refractivity contribution in [2.75, 3.05) is 11.9 Å². The van der Waals surface area contributed by atoms with Gasteiger partial charge in [0.05, 0.1) is 6.61 Å². The average Bonchev–Trinajstić information content (AvgIpc) is 2.42. The molecule has 2 aromatic carbocycles. The molecule has 0 unspecified atom stereocenters. The number of hydrogen-bond acceptors (Lipinski definition) is 2. The summed E-state index contributed by atoms with van der Waals surface area (Å²) in [5.74, 6) is 0.961. The molecule has 0 saturated carbocycles. The summed E-state index contributed by atoms with van der Waals surface area (Å²) < 4.78 is 5.64. The normalized spacial score (nSPS) is 10.3. The van der Waals surface area contributed by atoms with Crippen LogP contribution in [-0.2, 0) is 6.54 Å². The fourth-order valence-electron chi connectivity index (χ4n) is 2.08. The second-order valence-electron chi connectivity index (χ2n) is 4.64. The van der Waals surface area contributed by atoms with E-state index in [2.05, 4.69) is 43.4 Å². The largest absolute Gasteiger partial charge is 0.494 e. The third-order valence-corrected chi connectivity index (χ3v) is 3.35. The van der Waals surface area contributed by atoms with Crippen LogP contribution in [0.4, 0.5) is 5.69 Å². The lowest BCUT2D eigenvalue weighted by Crippen LogP contribution is -2.04. The van der Waals surface area contributed by atoms with E-state index in [4.69, 9.17) is 4.74 Å². The number of ether oxygens (including phenoxy) is 1. The summed E-state index contributed by atoms with van der Waals surface area (Å²) in [5, 5.41) is 3.49. The molecule has 19 heavy (non-hydrogen) atoms. The van der Waals surface area contributed by atoms with Crippen LogP contribution in [-0.4, -0.2) is 6.61 Å². The Labute approximate surface area is 115 Å². The summed E-state index contributed by atoms with van der Waals surface area (Å²) in [6.07, 6.45) is 0.